The Labute approximate surface area is 132 Å². The van der Waals surface area contributed by atoms with Gasteiger partial charge in [-0.15, -0.1) is 0 Å². The zero-order valence-corrected chi connectivity index (χ0v) is 12.9. The van der Waals surface area contributed by atoms with Crippen LogP contribution in [0.2, 0.25) is 10.0 Å². The molecule has 0 saturated heterocycles. The van der Waals surface area contributed by atoms with Crippen molar-refractivity contribution in [3.05, 3.63) is 56.2 Å². The smallest absolute Gasteiger partial charge is 0.313 e. The lowest BCUT2D eigenvalue weighted by Crippen LogP contribution is -1.97. The molecule has 2 rings (SSSR count). The largest absolute Gasteiger partial charge is 0.431 e. The van der Waals surface area contributed by atoms with Gasteiger partial charge in [0.2, 0.25) is 11.6 Å². The monoisotopic (exact) mass is 376 g/mol. The van der Waals surface area contributed by atoms with Crippen molar-refractivity contribution in [3.8, 4) is 11.6 Å². The van der Waals surface area contributed by atoms with E-state index in [1.807, 2.05) is 0 Å². The van der Waals surface area contributed by atoms with E-state index in [2.05, 4.69) is 20.9 Å². The van der Waals surface area contributed by atoms with Gasteiger partial charge in [-0.05, 0) is 6.07 Å². The number of halogens is 3. The van der Waals surface area contributed by atoms with Gasteiger partial charge in [-0.2, -0.15) is 0 Å². The summed E-state index contributed by atoms with van der Waals surface area (Å²) in [6, 6.07) is 5.98. The molecule has 1 heterocycles. The minimum Gasteiger partial charge on any atom is -0.431 e. The van der Waals surface area contributed by atoms with Gasteiger partial charge in [0.15, 0.2) is 0 Å². The quantitative estimate of drug-likeness (QED) is 0.428. The molecule has 0 aliphatic heterocycles. The Hall–Kier alpha value is -1.37. The topological polar surface area (TPSA) is 65.3 Å². The van der Waals surface area contributed by atoms with Crippen LogP contribution in [0.4, 0.5) is 5.69 Å². The molecule has 0 N–H and O–H groups in total. The fourth-order valence-electron chi connectivity index (χ4n) is 1.46. The van der Waals surface area contributed by atoms with Crippen LogP contribution in [0.15, 0.2) is 30.5 Å². The van der Waals surface area contributed by atoms with Crippen molar-refractivity contribution in [1.29, 1.82) is 0 Å². The highest BCUT2D eigenvalue weighted by molar-refractivity contribution is 9.08. The van der Waals surface area contributed by atoms with Crippen LogP contribution in [-0.2, 0) is 5.33 Å². The molecule has 20 heavy (non-hydrogen) atoms. The lowest BCUT2D eigenvalue weighted by atomic mass is 10.3. The van der Waals surface area contributed by atoms with Crippen molar-refractivity contribution in [1.82, 2.24) is 4.98 Å². The van der Waals surface area contributed by atoms with E-state index in [4.69, 9.17) is 27.9 Å². The lowest BCUT2D eigenvalue weighted by molar-refractivity contribution is -0.385. The summed E-state index contributed by atoms with van der Waals surface area (Å²) in [6.07, 6.45) is 1.53. The molecule has 0 unspecified atom stereocenters. The fraction of sp³-hybridized carbons (Fsp3) is 0.0833. The zero-order chi connectivity index (χ0) is 14.7. The number of rotatable bonds is 4. The third-order valence-electron chi connectivity index (χ3n) is 2.40. The SMILES string of the molecule is O=[N+]([O-])c1cc(Cl)c(Cl)cc1Oc1ncccc1CBr. The molecule has 0 radical (unpaired) electrons. The maximum absolute atomic E-state index is 11.0. The Morgan fingerprint density at radius 3 is 2.70 bits per heavy atom. The van der Waals surface area contributed by atoms with Gasteiger partial charge in [0, 0.05) is 29.2 Å². The second kappa shape index (κ2) is 6.39. The van der Waals surface area contributed by atoms with Gasteiger partial charge in [-0.3, -0.25) is 10.1 Å². The summed E-state index contributed by atoms with van der Waals surface area (Å²) in [5.41, 5.74) is 0.485. The molecular weight excluding hydrogens is 371 g/mol. The summed E-state index contributed by atoms with van der Waals surface area (Å²) in [6.45, 7) is 0. The van der Waals surface area contributed by atoms with E-state index < -0.39 is 4.92 Å². The number of nitrogens with zero attached hydrogens (tertiary/aromatic N) is 2. The third-order valence-corrected chi connectivity index (χ3v) is 3.73. The van der Waals surface area contributed by atoms with Gasteiger partial charge in [-0.1, -0.05) is 45.2 Å². The Balaban J connectivity index is 2.47. The summed E-state index contributed by atoms with van der Waals surface area (Å²) < 4.78 is 5.50. The standard InChI is InChI=1S/C12H7BrCl2N2O3/c13-6-7-2-1-3-16-12(7)20-11-5-9(15)8(14)4-10(11)17(18)19/h1-5H,6H2. The van der Waals surface area contributed by atoms with Crippen LogP contribution in [0, 0.1) is 10.1 Å². The van der Waals surface area contributed by atoms with Crippen LogP contribution in [0.25, 0.3) is 0 Å². The predicted octanol–water partition coefficient (Wildman–Crippen LogP) is 4.98. The molecule has 0 bridgehead atoms. The highest BCUT2D eigenvalue weighted by atomic mass is 79.9. The minimum atomic E-state index is -0.589. The van der Waals surface area contributed by atoms with E-state index >= 15 is 0 Å². The van der Waals surface area contributed by atoms with E-state index in [1.54, 1.807) is 12.1 Å². The lowest BCUT2D eigenvalue weighted by Gasteiger charge is -2.09. The summed E-state index contributed by atoms with van der Waals surface area (Å²) in [5, 5.41) is 11.8. The molecule has 0 atom stereocenters. The Morgan fingerprint density at radius 2 is 2.05 bits per heavy atom. The number of hydrogen-bond acceptors (Lipinski definition) is 4. The number of ether oxygens (including phenoxy) is 1. The molecule has 0 aliphatic carbocycles. The van der Waals surface area contributed by atoms with Crippen LogP contribution in [0.5, 0.6) is 11.6 Å². The van der Waals surface area contributed by atoms with Crippen molar-refractivity contribution in [2.45, 2.75) is 5.33 Å². The summed E-state index contributed by atoms with van der Waals surface area (Å²) in [4.78, 5) is 14.5. The molecule has 1 aromatic carbocycles. The molecule has 5 nitrogen and oxygen atoms in total. The molecule has 0 spiro atoms. The molecule has 0 amide bonds. The van der Waals surface area contributed by atoms with Gasteiger partial charge in [-0.25, -0.2) is 4.98 Å². The van der Waals surface area contributed by atoms with Crippen LogP contribution >= 0.6 is 39.1 Å². The predicted molar refractivity (Wildman–Crippen MR) is 80.1 cm³/mol. The molecule has 8 heteroatoms. The zero-order valence-electron chi connectivity index (χ0n) is 9.85. The van der Waals surface area contributed by atoms with E-state index in [0.29, 0.717) is 5.33 Å². The summed E-state index contributed by atoms with van der Waals surface area (Å²) in [7, 11) is 0. The van der Waals surface area contributed by atoms with Crippen molar-refractivity contribution in [2.75, 3.05) is 0 Å². The number of pyridine rings is 1. The Morgan fingerprint density at radius 1 is 1.35 bits per heavy atom. The Bertz CT molecular complexity index is 667. The molecule has 0 fully saturated rings. The van der Waals surface area contributed by atoms with Gasteiger partial charge in [0.25, 0.3) is 0 Å². The van der Waals surface area contributed by atoms with Gasteiger partial charge in [0.1, 0.15) is 0 Å². The van der Waals surface area contributed by atoms with Crippen molar-refractivity contribution < 1.29 is 9.66 Å². The van der Waals surface area contributed by atoms with E-state index in [1.165, 1.54) is 12.3 Å². The van der Waals surface area contributed by atoms with E-state index in [-0.39, 0.29) is 27.4 Å². The van der Waals surface area contributed by atoms with Crippen molar-refractivity contribution in [2.24, 2.45) is 0 Å². The highest BCUT2D eigenvalue weighted by Crippen LogP contribution is 2.38. The van der Waals surface area contributed by atoms with Crippen LogP contribution in [0.3, 0.4) is 0 Å². The summed E-state index contributed by atoms with van der Waals surface area (Å²) >= 11 is 14.9. The second-order valence-corrected chi connectivity index (χ2v) is 5.07. The number of nitro benzene ring substituents is 1. The Kier molecular flexibility index (Phi) is 4.80. The first kappa shape index (κ1) is 15.0. The minimum absolute atomic E-state index is 0.00898. The fourth-order valence-corrected chi connectivity index (χ4v) is 2.20. The number of alkyl halides is 1. The van der Waals surface area contributed by atoms with E-state index in [0.717, 1.165) is 11.6 Å². The molecule has 1 aromatic heterocycles. The van der Waals surface area contributed by atoms with Crippen LogP contribution < -0.4 is 4.74 Å². The van der Waals surface area contributed by atoms with Crippen LogP contribution in [-0.4, -0.2) is 9.91 Å². The third kappa shape index (κ3) is 3.20. The van der Waals surface area contributed by atoms with Gasteiger partial charge in [0.05, 0.1) is 15.0 Å². The highest BCUT2D eigenvalue weighted by Gasteiger charge is 2.20. The van der Waals surface area contributed by atoms with E-state index in [9.17, 15) is 10.1 Å². The number of hydrogen-bond donors (Lipinski definition) is 0. The molecule has 2 aromatic rings. The second-order valence-electron chi connectivity index (χ2n) is 3.69. The first-order valence-electron chi connectivity index (χ1n) is 5.34. The average Bonchev–Trinajstić information content (AvgIpc) is 2.43. The number of nitro groups is 1. The molecule has 0 aliphatic rings. The molecule has 104 valence electrons. The number of benzene rings is 1. The van der Waals surface area contributed by atoms with Crippen molar-refractivity contribution >= 4 is 44.8 Å². The summed E-state index contributed by atoms with van der Waals surface area (Å²) in [5.74, 6) is 0.260. The average molecular weight is 378 g/mol. The maximum Gasteiger partial charge on any atom is 0.313 e. The van der Waals surface area contributed by atoms with Gasteiger partial charge < -0.3 is 4.74 Å². The first-order valence-corrected chi connectivity index (χ1v) is 7.22. The van der Waals surface area contributed by atoms with Crippen LogP contribution in [0.1, 0.15) is 5.56 Å². The first-order chi connectivity index (χ1) is 9.52. The number of aromatic nitrogens is 1. The molecular formula is C12H7BrCl2N2O3. The van der Waals surface area contributed by atoms with Gasteiger partial charge >= 0.3 is 5.69 Å². The molecule has 0 saturated carbocycles. The van der Waals surface area contributed by atoms with Crippen molar-refractivity contribution in [3.63, 3.8) is 0 Å². The normalized spacial score (nSPS) is 10.3. The maximum atomic E-state index is 11.0.